The van der Waals surface area contributed by atoms with Crippen molar-refractivity contribution in [3.8, 4) is 0 Å². The highest BCUT2D eigenvalue weighted by Gasteiger charge is 2.38. The Morgan fingerprint density at radius 3 is 2.46 bits per heavy atom. The van der Waals surface area contributed by atoms with Crippen LogP contribution < -0.4 is 0 Å². The molecule has 0 spiro atoms. The fraction of sp³-hybridized carbons (Fsp3) is 0.393. The molecule has 4 rings (SSSR count). The van der Waals surface area contributed by atoms with E-state index >= 15 is 0 Å². The quantitative estimate of drug-likeness (QED) is 0.391. The average molecular weight is 485 g/mol. The molecule has 1 aromatic heterocycles. The lowest BCUT2D eigenvalue weighted by atomic mass is 9.87. The summed E-state index contributed by atoms with van der Waals surface area (Å²) in [4.78, 5) is 17.4. The minimum atomic E-state index is -4.40. The zero-order valence-corrected chi connectivity index (χ0v) is 20.3. The molecule has 0 saturated carbocycles. The van der Waals surface area contributed by atoms with E-state index in [1.807, 2.05) is 62.1 Å². The Kier molecular flexibility index (Phi) is 7.36. The first kappa shape index (κ1) is 25.0. The lowest BCUT2D eigenvalue weighted by molar-refractivity contribution is -0.137. The molecule has 3 aromatic rings. The van der Waals surface area contributed by atoms with E-state index in [2.05, 4.69) is 4.90 Å². The predicted molar refractivity (Wildman–Crippen MR) is 129 cm³/mol. The van der Waals surface area contributed by atoms with Crippen LogP contribution in [0, 0.1) is 12.8 Å². The number of carbonyl (C=O) groups excluding carboxylic acids is 1. The first-order valence-electron chi connectivity index (χ1n) is 11.9. The number of hydrogen-bond donors (Lipinski definition) is 0. The molecular formula is C28H31F3N2O2. The molecule has 0 unspecified atom stereocenters. The molecule has 7 heteroatoms. The van der Waals surface area contributed by atoms with Gasteiger partial charge in [0.25, 0.3) is 5.91 Å². The number of alkyl halides is 3. The van der Waals surface area contributed by atoms with Gasteiger partial charge < -0.3 is 9.32 Å². The van der Waals surface area contributed by atoms with Crippen LogP contribution in [0.5, 0.6) is 0 Å². The molecule has 1 amide bonds. The Balaban J connectivity index is 1.61. The van der Waals surface area contributed by atoms with E-state index in [4.69, 9.17) is 4.42 Å². The van der Waals surface area contributed by atoms with Crippen LogP contribution in [0.1, 0.15) is 52.6 Å². The molecule has 0 bridgehead atoms. The average Bonchev–Trinajstić information content (AvgIpc) is 3.47. The highest BCUT2D eigenvalue weighted by molar-refractivity contribution is 5.94. The van der Waals surface area contributed by atoms with Gasteiger partial charge in [0.15, 0.2) is 0 Å². The van der Waals surface area contributed by atoms with E-state index in [-0.39, 0.29) is 23.8 Å². The highest BCUT2D eigenvalue weighted by Crippen LogP contribution is 2.37. The number of hydrogen-bond acceptors (Lipinski definition) is 3. The highest BCUT2D eigenvalue weighted by atomic mass is 19.4. The van der Waals surface area contributed by atoms with Gasteiger partial charge in [-0.2, -0.15) is 13.2 Å². The molecule has 2 atom stereocenters. The standard InChI is InChI=1S/C28H31F3N2O2/c1-19(2)33(27(34)21-11-9-20(3)10-12-21)16-23-15-32(17-25-8-5-13-35-25)18-26(23)22-6-4-7-24(14-22)28(29,30)31/h4-14,19,23,26H,15-18H2,1-3H3/t23-,26+/m1/s1. The van der Waals surface area contributed by atoms with Crippen molar-refractivity contribution >= 4 is 5.91 Å². The Labute approximate surface area is 204 Å². The molecular weight excluding hydrogens is 453 g/mol. The van der Waals surface area contributed by atoms with Gasteiger partial charge in [-0.15, -0.1) is 0 Å². The van der Waals surface area contributed by atoms with E-state index in [9.17, 15) is 18.0 Å². The smallest absolute Gasteiger partial charge is 0.416 e. The first-order chi connectivity index (χ1) is 16.6. The second-order valence-corrected chi connectivity index (χ2v) is 9.68. The second-order valence-electron chi connectivity index (χ2n) is 9.68. The summed E-state index contributed by atoms with van der Waals surface area (Å²) in [6.45, 7) is 8.21. The first-order valence-corrected chi connectivity index (χ1v) is 11.9. The van der Waals surface area contributed by atoms with Gasteiger partial charge >= 0.3 is 6.18 Å². The molecule has 0 aliphatic carbocycles. The fourth-order valence-electron chi connectivity index (χ4n) is 4.86. The van der Waals surface area contributed by atoms with Crippen molar-refractivity contribution in [3.63, 3.8) is 0 Å². The van der Waals surface area contributed by atoms with Gasteiger partial charge in [0, 0.05) is 37.2 Å². The van der Waals surface area contributed by atoms with Gasteiger partial charge in [-0.05, 0) is 62.6 Å². The van der Waals surface area contributed by atoms with E-state index in [1.54, 1.807) is 12.3 Å². The van der Waals surface area contributed by atoms with Gasteiger partial charge in [-0.1, -0.05) is 35.9 Å². The van der Waals surface area contributed by atoms with Crippen LogP contribution in [0.2, 0.25) is 0 Å². The molecule has 1 fully saturated rings. The number of rotatable bonds is 7. The summed E-state index contributed by atoms with van der Waals surface area (Å²) in [6.07, 6.45) is -2.78. The molecule has 0 radical (unpaired) electrons. The third kappa shape index (κ3) is 5.96. The summed E-state index contributed by atoms with van der Waals surface area (Å²) in [6, 6.07) is 16.8. The monoisotopic (exact) mass is 484 g/mol. The largest absolute Gasteiger partial charge is 0.468 e. The maximum Gasteiger partial charge on any atom is 0.416 e. The molecule has 1 saturated heterocycles. The Bertz CT molecular complexity index is 1120. The summed E-state index contributed by atoms with van der Waals surface area (Å²) in [5.74, 6) is 0.585. The van der Waals surface area contributed by atoms with Crippen LogP contribution >= 0.6 is 0 Å². The Morgan fingerprint density at radius 2 is 1.83 bits per heavy atom. The van der Waals surface area contributed by atoms with Crippen molar-refractivity contribution < 1.29 is 22.4 Å². The zero-order chi connectivity index (χ0) is 25.2. The lowest BCUT2D eigenvalue weighted by Gasteiger charge is -2.32. The maximum absolute atomic E-state index is 13.4. The van der Waals surface area contributed by atoms with Crippen LogP contribution in [0.4, 0.5) is 13.2 Å². The number of benzene rings is 2. The van der Waals surface area contributed by atoms with Crippen LogP contribution in [0.25, 0.3) is 0 Å². The number of halogens is 3. The summed E-state index contributed by atoms with van der Waals surface area (Å²) in [5, 5.41) is 0. The second kappa shape index (κ2) is 10.3. The van der Waals surface area contributed by atoms with E-state index in [1.165, 1.54) is 12.1 Å². The Morgan fingerprint density at radius 1 is 1.09 bits per heavy atom. The van der Waals surface area contributed by atoms with Crippen molar-refractivity contribution in [2.45, 2.75) is 45.5 Å². The predicted octanol–water partition coefficient (Wildman–Crippen LogP) is 6.37. The Hall–Kier alpha value is -3.06. The fourth-order valence-corrected chi connectivity index (χ4v) is 4.86. The van der Waals surface area contributed by atoms with Crippen LogP contribution in [-0.4, -0.2) is 41.4 Å². The molecule has 186 valence electrons. The van der Waals surface area contributed by atoms with Crippen LogP contribution in [0.3, 0.4) is 0 Å². The van der Waals surface area contributed by atoms with Gasteiger partial charge in [0.05, 0.1) is 18.4 Å². The molecule has 1 aliphatic rings. The van der Waals surface area contributed by atoms with Gasteiger partial charge in [-0.25, -0.2) is 0 Å². The number of amides is 1. The van der Waals surface area contributed by atoms with Crippen molar-refractivity contribution in [3.05, 3.63) is 94.9 Å². The third-order valence-electron chi connectivity index (χ3n) is 6.73. The van der Waals surface area contributed by atoms with E-state index in [0.29, 0.717) is 37.3 Å². The van der Waals surface area contributed by atoms with Crippen molar-refractivity contribution in [2.24, 2.45) is 5.92 Å². The van der Waals surface area contributed by atoms with Crippen LogP contribution in [-0.2, 0) is 12.7 Å². The number of likely N-dealkylation sites (tertiary alicyclic amines) is 1. The topological polar surface area (TPSA) is 36.7 Å². The molecule has 1 aliphatic heterocycles. The van der Waals surface area contributed by atoms with Gasteiger partial charge in [0.1, 0.15) is 5.76 Å². The van der Waals surface area contributed by atoms with E-state index < -0.39 is 11.7 Å². The minimum Gasteiger partial charge on any atom is -0.468 e. The molecule has 35 heavy (non-hydrogen) atoms. The van der Waals surface area contributed by atoms with Crippen LogP contribution in [0.15, 0.2) is 71.3 Å². The summed E-state index contributed by atoms with van der Waals surface area (Å²) in [5.41, 5.74) is 1.70. The normalized spacial score (nSPS) is 18.8. The number of carbonyl (C=O) groups is 1. The number of aryl methyl sites for hydroxylation is 1. The third-order valence-corrected chi connectivity index (χ3v) is 6.73. The van der Waals surface area contributed by atoms with Crippen molar-refractivity contribution in [1.29, 1.82) is 0 Å². The zero-order valence-electron chi connectivity index (χ0n) is 20.3. The molecule has 4 nitrogen and oxygen atoms in total. The van der Waals surface area contributed by atoms with E-state index in [0.717, 1.165) is 17.4 Å². The number of nitrogens with zero attached hydrogens (tertiary/aromatic N) is 2. The van der Waals surface area contributed by atoms with Gasteiger partial charge in [0.2, 0.25) is 0 Å². The lowest BCUT2D eigenvalue weighted by Crippen LogP contribution is -2.42. The van der Waals surface area contributed by atoms with Gasteiger partial charge in [-0.3, -0.25) is 9.69 Å². The van der Waals surface area contributed by atoms with Crippen molar-refractivity contribution in [1.82, 2.24) is 9.80 Å². The number of furan rings is 1. The summed E-state index contributed by atoms with van der Waals surface area (Å²) >= 11 is 0. The summed E-state index contributed by atoms with van der Waals surface area (Å²) < 4.78 is 45.8. The SMILES string of the molecule is Cc1ccc(C(=O)N(C[C@H]2CN(Cc3ccco3)C[C@H]2c2cccc(C(F)(F)F)c2)C(C)C)cc1. The molecule has 2 heterocycles. The van der Waals surface area contributed by atoms with Crippen molar-refractivity contribution in [2.75, 3.05) is 19.6 Å². The summed E-state index contributed by atoms with van der Waals surface area (Å²) in [7, 11) is 0. The molecule has 0 N–H and O–H groups in total. The minimum absolute atomic E-state index is 0.0229. The maximum atomic E-state index is 13.4. The molecule has 2 aromatic carbocycles.